The van der Waals surface area contributed by atoms with E-state index in [1.165, 1.54) is 18.2 Å². The largest absolute Gasteiger partial charge is 0.241 e. The molecule has 2 aromatic carbocycles. The first-order chi connectivity index (χ1) is 9.79. The zero-order chi connectivity index (χ0) is 15.6. The molecule has 0 aliphatic carbocycles. The summed E-state index contributed by atoms with van der Waals surface area (Å²) in [4.78, 5) is 0.0892. The second-order valence-corrected chi connectivity index (χ2v) is 7.10. The zero-order valence-corrected chi connectivity index (χ0v) is 13.4. The van der Waals surface area contributed by atoms with E-state index in [0.717, 1.165) is 12.1 Å². The summed E-state index contributed by atoms with van der Waals surface area (Å²) in [7, 11) is -3.75. The Kier molecular flexibility index (Phi) is 4.75. The summed E-state index contributed by atoms with van der Waals surface area (Å²) >= 11 is 3.20. The molecule has 0 saturated heterocycles. The molecule has 112 valence electrons. The van der Waals surface area contributed by atoms with Gasteiger partial charge < -0.3 is 0 Å². The Morgan fingerprint density at radius 1 is 1.10 bits per heavy atom. The Labute approximate surface area is 130 Å². The van der Waals surface area contributed by atoms with Crippen molar-refractivity contribution >= 4 is 26.0 Å². The van der Waals surface area contributed by atoms with Crippen LogP contribution >= 0.6 is 15.9 Å². The third-order valence-corrected chi connectivity index (χ3v) is 4.91. The highest BCUT2D eigenvalue weighted by molar-refractivity contribution is 9.10. The Hall–Kier alpha value is -1.31. The highest BCUT2D eigenvalue weighted by atomic mass is 79.9. The van der Waals surface area contributed by atoms with Crippen LogP contribution in [0.25, 0.3) is 0 Å². The maximum atomic E-state index is 13.2. The van der Waals surface area contributed by atoms with Gasteiger partial charge in [-0.25, -0.2) is 21.9 Å². The lowest BCUT2D eigenvalue weighted by Crippen LogP contribution is -2.27. The summed E-state index contributed by atoms with van der Waals surface area (Å²) < 4.78 is 53.6. The molecule has 2 aromatic rings. The van der Waals surface area contributed by atoms with Gasteiger partial charge in [-0.1, -0.05) is 28.1 Å². The Balaban J connectivity index is 2.25. The molecular formula is C14H12BrF2NO2S. The van der Waals surface area contributed by atoms with Crippen LogP contribution < -0.4 is 4.72 Å². The number of nitrogens with one attached hydrogen (secondary N) is 1. The van der Waals surface area contributed by atoms with Gasteiger partial charge in [0.1, 0.15) is 0 Å². The van der Waals surface area contributed by atoms with Crippen LogP contribution in [0.1, 0.15) is 18.5 Å². The van der Waals surface area contributed by atoms with E-state index in [0.29, 0.717) is 10.0 Å². The van der Waals surface area contributed by atoms with Crippen molar-refractivity contribution in [1.82, 2.24) is 4.72 Å². The van der Waals surface area contributed by atoms with E-state index in [1.54, 1.807) is 19.1 Å². The summed E-state index contributed by atoms with van der Waals surface area (Å²) in [6.07, 6.45) is 0. The van der Waals surface area contributed by atoms with Crippen molar-refractivity contribution in [1.29, 1.82) is 0 Å². The average molecular weight is 376 g/mol. The first kappa shape index (κ1) is 16.1. The maximum Gasteiger partial charge on any atom is 0.241 e. The maximum absolute atomic E-state index is 13.2. The quantitative estimate of drug-likeness (QED) is 0.883. The lowest BCUT2D eigenvalue weighted by molar-refractivity contribution is 0.504. The second kappa shape index (κ2) is 6.21. The van der Waals surface area contributed by atoms with Gasteiger partial charge in [0, 0.05) is 10.5 Å². The van der Waals surface area contributed by atoms with E-state index in [1.807, 2.05) is 0 Å². The lowest BCUT2D eigenvalue weighted by Gasteiger charge is -2.15. The summed E-state index contributed by atoms with van der Waals surface area (Å²) in [5.74, 6) is -1.98. The van der Waals surface area contributed by atoms with Gasteiger partial charge in [-0.15, -0.1) is 0 Å². The van der Waals surface area contributed by atoms with Gasteiger partial charge in [-0.05, 0) is 42.8 Å². The van der Waals surface area contributed by atoms with Gasteiger partial charge in [-0.2, -0.15) is 0 Å². The molecule has 1 atom stereocenters. The summed E-state index contributed by atoms with van der Waals surface area (Å²) in [5.41, 5.74) is 0.340. The van der Waals surface area contributed by atoms with Crippen LogP contribution in [-0.4, -0.2) is 8.42 Å². The van der Waals surface area contributed by atoms with Crippen molar-refractivity contribution in [2.75, 3.05) is 0 Å². The standard InChI is InChI=1S/C14H12BrF2NO2S/c1-9(10-5-6-13(16)14(17)7-10)18-21(19,20)12-4-2-3-11(15)8-12/h2-9,18H,1H3. The van der Waals surface area contributed by atoms with Gasteiger partial charge in [0.25, 0.3) is 0 Å². The van der Waals surface area contributed by atoms with Crippen LogP contribution in [0.2, 0.25) is 0 Å². The predicted molar refractivity (Wildman–Crippen MR) is 79.2 cm³/mol. The molecule has 0 aliphatic rings. The molecular weight excluding hydrogens is 364 g/mol. The van der Waals surface area contributed by atoms with Gasteiger partial charge >= 0.3 is 0 Å². The molecule has 1 unspecified atom stereocenters. The van der Waals surface area contributed by atoms with E-state index < -0.39 is 27.7 Å². The molecule has 7 heteroatoms. The van der Waals surface area contributed by atoms with Crippen molar-refractivity contribution in [3.8, 4) is 0 Å². The molecule has 21 heavy (non-hydrogen) atoms. The summed E-state index contributed by atoms with van der Waals surface area (Å²) in [6, 6.07) is 8.80. The first-order valence-electron chi connectivity index (χ1n) is 6.02. The van der Waals surface area contributed by atoms with Crippen LogP contribution in [0.3, 0.4) is 0 Å². The highest BCUT2D eigenvalue weighted by Gasteiger charge is 2.19. The Morgan fingerprint density at radius 3 is 2.43 bits per heavy atom. The normalized spacial score (nSPS) is 13.1. The van der Waals surface area contributed by atoms with Gasteiger partial charge in [0.2, 0.25) is 10.0 Å². The fraction of sp³-hybridized carbons (Fsp3) is 0.143. The van der Waals surface area contributed by atoms with Crippen LogP contribution in [0.5, 0.6) is 0 Å². The fourth-order valence-electron chi connectivity index (χ4n) is 1.78. The number of hydrogen-bond acceptors (Lipinski definition) is 2. The lowest BCUT2D eigenvalue weighted by atomic mass is 10.1. The summed E-state index contributed by atoms with van der Waals surface area (Å²) in [6.45, 7) is 1.56. The Bertz CT molecular complexity index is 765. The number of sulfonamides is 1. The third kappa shape index (κ3) is 3.87. The van der Waals surface area contributed by atoms with Crippen molar-refractivity contribution in [3.63, 3.8) is 0 Å². The number of benzene rings is 2. The van der Waals surface area contributed by atoms with E-state index in [2.05, 4.69) is 20.7 Å². The molecule has 0 radical (unpaired) electrons. The monoisotopic (exact) mass is 375 g/mol. The SMILES string of the molecule is CC(NS(=O)(=O)c1cccc(Br)c1)c1ccc(F)c(F)c1. The third-order valence-electron chi connectivity index (χ3n) is 2.88. The van der Waals surface area contributed by atoms with E-state index in [9.17, 15) is 17.2 Å². The topological polar surface area (TPSA) is 46.2 Å². The van der Waals surface area contributed by atoms with Crippen LogP contribution in [0, 0.1) is 11.6 Å². The average Bonchev–Trinajstić information content (AvgIpc) is 2.41. The predicted octanol–water partition coefficient (Wildman–Crippen LogP) is 3.77. The molecule has 0 saturated carbocycles. The minimum Gasteiger partial charge on any atom is -0.207 e. The van der Waals surface area contributed by atoms with Crippen molar-refractivity contribution < 1.29 is 17.2 Å². The van der Waals surface area contributed by atoms with Gasteiger partial charge in [0.05, 0.1) is 4.90 Å². The highest BCUT2D eigenvalue weighted by Crippen LogP contribution is 2.21. The van der Waals surface area contributed by atoms with Crippen LogP contribution in [0.15, 0.2) is 51.8 Å². The Morgan fingerprint density at radius 2 is 1.81 bits per heavy atom. The number of hydrogen-bond donors (Lipinski definition) is 1. The van der Waals surface area contributed by atoms with Crippen LogP contribution in [-0.2, 0) is 10.0 Å². The molecule has 0 bridgehead atoms. The minimum atomic E-state index is -3.75. The molecule has 0 aliphatic heterocycles. The zero-order valence-electron chi connectivity index (χ0n) is 11.0. The molecule has 0 spiro atoms. The molecule has 0 heterocycles. The van der Waals surface area contributed by atoms with E-state index in [4.69, 9.17) is 0 Å². The smallest absolute Gasteiger partial charge is 0.207 e. The van der Waals surface area contributed by atoms with Crippen molar-refractivity contribution in [3.05, 3.63) is 64.1 Å². The van der Waals surface area contributed by atoms with E-state index >= 15 is 0 Å². The molecule has 0 fully saturated rings. The molecule has 2 rings (SSSR count). The number of rotatable bonds is 4. The van der Waals surface area contributed by atoms with E-state index in [-0.39, 0.29) is 4.90 Å². The summed E-state index contributed by atoms with van der Waals surface area (Å²) in [5, 5.41) is 0. The molecule has 0 aromatic heterocycles. The minimum absolute atomic E-state index is 0.0892. The van der Waals surface area contributed by atoms with Crippen molar-refractivity contribution in [2.24, 2.45) is 0 Å². The molecule has 1 N–H and O–H groups in total. The van der Waals surface area contributed by atoms with Gasteiger partial charge in [0.15, 0.2) is 11.6 Å². The van der Waals surface area contributed by atoms with Gasteiger partial charge in [-0.3, -0.25) is 0 Å². The first-order valence-corrected chi connectivity index (χ1v) is 8.30. The van der Waals surface area contributed by atoms with Crippen LogP contribution in [0.4, 0.5) is 8.78 Å². The molecule has 3 nitrogen and oxygen atoms in total. The second-order valence-electron chi connectivity index (χ2n) is 4.47. The number of halogens is 3. The fourth-order valence-corrected chi connectivity index (χ4v) is 3.61. The van der Waals surface area contributed by atoms with Crippen molar-refractivity contribution in [2.45, 2.75) is 17.9 Å². The molecule has 0 amide bonds.